The fraction of sp³-hybridized carbons (Fsp3) is 0.800. The molecule has 0 aliphatic carbocycles. The number of ketones is 1. The molecule has 1 aliphatic heterocycles. The van der Waals surface area contributed by atoms with Crippen molar-refractivity contribution in [2.45, 2.75) is 63.3 Å². The lowest BCUT2D eigenvalue weighted by Gasteiger charge is -2.43. The first-order chi connectivity index (χ1) is 11.5. The summed E-state index contributed by atoms with van der Waals surface area (Å²) < 4.78 is 5.02. The van der Waals surface area contributed by atoms with E-state index in [0.29, 0.717) is 0 Å². The third kappa shape index (κ3) is 5.72. The Morgan fingerprint density at radius 1 is 1.28 bits per heavy atom. The number of aliphatic hydroxyl groups excluding tert-OH is 3. The molecule has 144 valence electrons. The van der Waals surface area contributed by atoms with E-state index in [-0.39, 0.29) is 25.2 Å². The topological polar surface area (TPSA) is 174 Å². The molecule has 0 aromatic rings. The average Bonchev–Trinajstić information content (AvgIpc) is 2.53. The van der Waals surface area contributed by atoms with Crippen molar-refractivity contribution >= 4 is 17.7 Å². The molecule has 25 heavy (non-hydrogen) atoms. The fourth-order valence-electron chi connectivity index (χ4n) is 2.52. The Morgan fingerprint density at radius 3 is 2.40 bits per heavy atom. The fourth-order valence-corrected chi connectivity index (χ4v) is 2.52. The summed E-state index contributed by atoms with van der Waals surface area (Å²) in [4.78, 5) is 33.4. The smallest absolute Gasteiger partial charge is 0.364 e. The van der Waals surface area contributed by atoms with E-state index < -0.39 is 54.4 Å². The molecule has 1 saturated heterocycles. The van der Waals surface area contributed by atoms with Gasteiger partial charge in [-0.1, -0.05) is 6.92 Å². The van der Waals surface area contributed by atoms with Gasteiger partial charge in [-0.3, -0.25) is 4.79 Å². The number of rotatable bonds is 8. The molecule has 10 heteroatoms. The van der Waals surface area contributed by atoms with Crippen LogP contribution in [-0.2, 0) is 19.1 Å². The first kappa shape index (κ1) is 21.5. The van der Waals surface area contributed by atoms with Crippen molar-refractivity contribution in [2.75, 3.05) is 6.54 Å². The third-order valence-electron chi connectivity index (χ3n) is 4.22. The van der Waals surface area contributed by atoms with Crippen molar-refractivity contribution < 1.29 is 44.7 Å². The Kier molecular flexibility index (Phi) is 7.44. The Hall–Kier alpha value is -1.59. The van der Waals surface area contributed by atoms with E-state index in [2.05, 4.69) is 5.32 Å². The lowest BCUT2D eigenvalue weighted by atomic mass is 9.84. The first-order valence-electron chi connectivity index (χ1n) is 7.92. The van der Waals surface area contributed by atoms with Crippen molar-refractivity contribution in [1.82, 2.24) is 5.32 Å². The Labute approximate surface area is 144 Å². The van der Waals surface area contributed by atoms with Crippen LogP contribution in [0.25, 0.3) is 0 Å². The van der Waals surface area contributed by atoms with Crippen LogP contribution in [0.5, 0.6) is 0 Å². The number of Topliss-reactive ketones (excluding diaryl/α,β-unsaturated/α-hetero) is 1. The van der Waals surface area contributed by atoms with Crippen molar-refractivity contribution in [3.63, 3.8) is 0 Å². The van der Waals surface area contributed by atoms with Crippen molar-refractivity contribution in [2.24, 2.45) is 5.92 Å². The van der Waals surface area contributed by atoms with Crippen LogP contribution in [0.1, 0.15) is 33.1 Å². The van der Waals surface area contributed by atoms with Gasteiger partial charge >= 0.3 is 5.97 Å². The van der Waals surface area contributed by atoms with Crippen LogP contribution in [0.2, 0.25) is 0 Å². The maximum Gasteiger partial charge on any atom is 0.364 e. The SMILES string of the molecule is CC(=O)CCC(=O)NC[C@@H](O)[C@@H](O)C1O[C@@](O)(C(=O)O)C[C@@H](O)[C@H]1C. The van der Waals surface area contributed by atoms with E-state index in [1.165, 1.54) is 13.8 Å². The van der Waals surface area contributed by atoms with Gasteiger partial charge in [-0.25, -0.2) is 4.79 Å². The third-order valence-corrected chi connectivity index (χ3v) is 4.22. The molecule has 0 saturated carbocycles. The zero-order chi connectivity index (χ0) is 19.4. The molecule has 1 fully saturated rings. The van der Waals surface area contributed by atoms with Crippen LogP contribution < -0.4 is 5.32 Å². The highest BCUT2D eigenvalue weighted by Crippen LogP contribution is 2.33. The summed E-state index contributed by atoms with van der Waals surface area (Å²) in [6.45, 7) is 2.44. The molecule has 1 rings (SSSR count). The summed E-state index contributed by atoms with van der Waals surface area (Å²) in [5, 5.41) is 51.3. The van der Waals surface area contributed by atoms with E-state index in [9.17, 15) is 34.8 Å². The number of aliphatic hydroxyl groups is 4. The van der Waals surface area contributed by atoms with E-state index in [1.54, 1.807) is 0 Å². The Bertz CT molecular complexity index is 511. The number of carbonyl (C=O) groups excluding carboxylic acids is 2. The van der Waals surface area contributed by atoms with Crippen LogP contribution in [0.3, 0.4) is 0 Å². The summed E-state index contributed by atoms with van der Waals surface area (Å²) in [5.41, 5.74) is 0. The Morgan fingerprint density at radius 2 is 1.88 bits per heavy atom. The van der Waals surface area contributed by atoms with Crippen LogP contribution in [-0.4, -0.2) is 79.9 Å². The van der Waals surface area contributed by atoms with E-state index in [0.717, 1.165) is 0 Å². The highest BCUT2D eigenvalue weighted by molar-refractivity contribution is 5.83. The minimum atomic E-state index is -2.68. The molecule has 0 radical (unpaired) electrons. The van der Waals surface area contributed by atoms with Crippen LogP contribution >= 0.6 is 0 Å². The summed E-state index contributed by atoms with van der Waals surface area (Å²) in [5.74, 6) is -5.83. The van der Waals surface area contributed by atoms with Gasteiger partial charge in [-0.2, -0.15) is 0 Å². The van der Waals surface area contributed by atoms with Crippen molar-refractivity contribution in [3.8, 4) is 0 Å². The molecule has 1 unspecified atom stereocenters. The van der Waals surface area contributed by atoms with Crippen LogP contribution in [0.4, 0.5) is 0 Å². The van der Waals surface area contributed by atoms with Gasteiger partial charge in [-0.15, -0.1) is 0 Å². The number of nitrogens with one attached hydrogen (secondary N) is 1. The monoisotopic (exact) mass is 363 g/mol. The molecular weight excluding hydrogens is 338 g/mol. The summed E-state index contributed by atoms with van der Waals surface area (Å²) in [7, 11) is 0. The molecular formula is C15H25NO9. The minimum absolute atomic E-state index is 0.0467. The second kappa shape index (κ2) is 8.68. The second-order valence-electron chi connectivity index (χ2n) is 6.37. The molecule has 0 bridgehead atoms. The predicted molar refractivity (Wildman–Crippen MR) is 82.2 cm³/mol. The zero-order valence-corrected chi connectivity index (χ0v) is 14.1. The molecule has 0 aromatic heterocycles. The van der Waals surface area contributed by atoms with Crippen molar-refractivity contribution in [3.05, 3.63) is 0 Å². The summed E-state index contributed by atoms with van der Waals surface area (Å²) in [6, 6.07) is 0. The average molecular weight is 363 g/mol. The lowest BCUT2D eigenvalue weighted by Crippen LogP contribution is -2.60. The largest absolute Gasteiger partial charge is 0.477 e. The highest BCUT2D eigenvalue weighted by Gasteiger charge is 2.52. The normalized spacial score (nSPS) is 31.8. The standard InChI is InChI=1S/C15H25NO9/c1-7(17)3-4-11(20)16-6-10(19)12(21)13-8(2)9(18)5-15(24,25-13)14(22)23/h8-10,12-13,18-19,21,24H,3-6H2,1-2H3,(H,16,20)(H,22,23)/t8-,9-,10-,12-,13?,15-/m1/s1. The molecule has 0 spiro atoms. The van der Waals surface area contributed by atoms with Gasteiger partial charge in [0.25, 0.3) is 5.79 Å². The number of amides is 1. The minimum Gasteiger partial charge on any atom is -0.477 e. The molecule has 1 heterocycles. The number of carboxylic acid groups (broad SMARTS) is 1. The van der Waals surface area contributed by atoms with Gasteiger partial charge in [0.15, 0.2) is 0 Å². The van der Waals surface area contributed by atoms with E-state index in [1.807, 2.05) is 0 Å². The number of aliphatic carboxylic acids is 1. The summed E-state index contributed by atoms with van der Waals surface area (Å²) >= 11 is 0. The summed E-state index contributed by atoms with van der Waals surface area (Å²) in [6.07, 6.45) is -6.43. The van der Waals surface area contributed by atoms with Crippen LogP contribution in [0, 0.1) is 5.92 Å². The van der Waals surface area contributed by atoms with Gasteiger partial charge in [0, 0.05) is 31.7 Å². The molecule has 6 N–H and O–H groups in total. The zero-order valence-electron chi connectivity index (χ0n) is 14.1. The first-order valence-corrected chi connectivity index (χ1v) is 7.92. The Balaban J connectivity index is 2.66. The number of carboxylic acids is 1. The molecule has 10 nitrogen and oxygen atoms in total. The van der Waals surface area contributed by atoms with E-state index >= 15 is 0 Å². The van der Waals surface area contributed by atoms with Gasteiger partial charge in [-0.05, 0) is 6.92 Å². The number of hydrogen-bond acceptors (Lipinski definition) is 8. The number of hydrogen-bond donors (Lipinski definition) is 6. The highest BCUT2D eigenvalue weighted by atomic mass is 16.7. The quantitative estimate of drug-likeness (QED) is 0.278. The maximum absolute atomic E-state index is 11.5. The second-order valence-corrected chi connectivity index (χ2v) is 6.37. The molecule has 1 aliphatic rings. The van der Waals surface area contributed by atoms with Gasteiger partial charge < -0.3 is 40.4 Å². The maximum atomic E-state index is 11.5. The van der Waals surface area contributed by atoms with Crippen LogP contribution in [0.15, 0.2) is 0 Å². The van der Waals surface area contributed by atoms with Gasteiger partial charge in [0.2, 0.25) is 5.91 Å². The molecule has 6 atom stereocenters. The number of ether oxygens (including phenoxy) is 1. The predicted octanol–water partition coefficient (Wildman–Crippen LogP) is -2.25. The molecule has 1 amide bonds. The molecule has 0 aromatic carbocycles. The van der Waals surface area contributed by atoms with Crippen molar-refractivity contribution in [1.29, 1.82) is 0 Å². The lowest BCUT2D eigenvalue weighted by molar-refractivity contribution is -0.301. The van der Waals surface area contributed by atoms with E-state index in [4.69, 9.17) is 9.84 Å². The number of carbonyl (C=O) groups is 3. The van der Waals surface area contributed by atoms with Gasteiger partial charge in [0.05, 0.1) is 18.3 Å². The van der Waals surface area contributed by atoms with Gasteiger partial charge in [0.1, 0.15) is 11.9 Å².